The first-order chi connectivity index (χ1) is 17.8. The van der Waals surface area contributed by atoms with Gasteiger partial charge in [0.15, 0.2) is 0 Å². The van der Waals surface area contributed by atoms with Gasteiger partial charge in [0.2, 0.25) is 0 Å². The topological polar surface area (TPSA) is 105 Å². The summed E-state index contributed by atoms with van der Waals surface area (Å²) in [6.07, 6.45) is 9.31. The van der Waals surface area contributed by atoms with Crippen molar-refractivity contribution >= 4 is 32.9 Å². The van der Waals surface area contributed by atoms with Gasteiger partial charge >= 0.3 is 0 Å². The van der Waals surface area contributed by atoms with Gasteiger partial charge in [0.1, 0.15) is 22.2 Å². The van der Waals surface area contributed by atoms with E-state index in [-0.39, 0.29) is 16.7 Å². The van der Waals surface area contributed by atoms with Crippen molar-refractivity contribution in [3.63, 3.8) is 0 Å². The molecule has 0 amide bonds. The Kier molecular flexibility index (Phi) is 4.91. The normalized spacial score (nSPS) is 21.7. The molecule has 2 aliphatic carbocycles. The zero-order chi connectivity index (χ0) is 25.3. The van der Waals surface area contributed by atoms with Crippen molar-refractivity contribution in [3.05, 3.63) is 77.8 Å². The van der Waals surface area contributed by atoms with Gasteiger partial charge in [-0.25, -0.2) is 15.0 Å². The monoisotopic (exact) mass is 513 g/mol. The zero-order valence-corrected chi connectivity index (χ0v) is 21.5. The molecule has 7 rings (SSSR count). The molecule has 4 aromatic rings. The molecule has 1 aromatic carbocycles. The SMILES string of the molecule is Cc1ccnc([C@H]2C[C@@H]2C2=NS(=O)(=O)c3ccc(N(C)Cc4cn5cc(C6CC6)ccc5n4)cc3N2)n1. The van der Waals surface area contributed by atoms with Crippen molar-refractivity contribution in [2.24, 2.45) is 10.3 Å². The van der Waals surface area contributed by atoms with E-state index >= 15 is 0 Å². The molecule has 2 atom stereocenters. The summed E-state index contributed by atoms with van der Waals surface area (Å²) in [6, 6.07) is 11.4. The average Bonchev–Trinajstić information content (AvgIpc) is 3.79. The molecule has 0 spiro atoms. The lowest BCUT2D eigenvalue weighted by Gasteiger charge is -2.23. The Balaban J connectivity index is 1.11. The lowest BCUT2D eigenvalue weighted by atomic mass is 10.2. The fourth-order valence-corrected chi connectivity index (χ4v) is 6.30. The highest BCUT2D eigenvalue weighted by Crippen LogP contribution is 2.48. The summed E-state index contributed by atoms with van der Waals surface area (Å²) >= 11 is 0. The Morgan fingerprint density at radius 3 is 2.76 bits per heavy atom. The minimum absolute atomic E-state index is 0.0374. The smallest absolute Gasteiger partial charge is 0.286 e. The van der Waals surface area contributed by atoms with E-state index in [1.807, 2.05) is 32.2 Å². The molecular formula is C27H27N7O2S. The Hall–Kier alpha value is -3.79. The van der Waals surface area contributed by atoms with Gasteiger partial charge in [0.25, 0.3) is 10.0 Å². The van der Waals surface area contributed by atoms with Crippen molar-refractivity contribution in [1.82, 2.24) is 19.4 Å². The van der Waals surface area contributed by atoms with Gasteiger partial charge in [-0.15, -0.1) is 4.40 Å². The van der Waals surface area contributed by atoms with Gasteiger partial charge in [0, 0.05) is 48.9 Å². The number of amidine groups is 1. The van der Waals surface area contributed by atoms with E-state index in [2.05, 4.69) is 53.5 Å². The fraction of sp³-hybridized carbons (Fsp3) is 0.333. The molecule has 3 aromatic heterocycles. The van der Waals surface area contributed by atoms with Gasteiger partial charge < -0.3 is 14.6 Å². The molecule has 9 nitrogen and oxygen atoms in total. The molecule has 0 radical (unpaired) electrons. The standard InChI is InChI=1S/C27H27N7O2S/c1-16-9-10-28-26(29-16)21-12-22(21)27-31-23-11-20(6-7-24(23)37(35,36)32-27)33(2)14-19-15-34-13-18(17-3-4-17)5-8-25(34)30-19/h5-11,13,15,17,21-22H,3-4,12,14H2,1-2H3,(H,31,32)/t21-,22-/m0/s1. The second-order valence-electron chi connectivity index (χ2n) is 10.4. The fourth-order valence-electron chi connectivity index (χ4n) is 5.14. The van der Waals surface area contributed by atoms with Crippen LogP contribution in [0.3, 0.4) is 0 Å². The van der Waals surface area contributed by atoms with Crippen LogP contribution in [0, 0.1) is 12.8 Å². The largest absolute Gasteiger partial charge is 0.369 e. The molecule has 188 valence electrons. The number of hydrogen-bond donors (Lipinski definition) is 1. The highest BCUT2D eigenvalue weighted by molar-refractivity contribution is 7.90. The molecule has 1 aliphatic heterocycles. The maximum absolute atomic E-state index is 13.0. The number of benzene rings is 1. The molecule has 2 saturated carbocycles. The lowest BCUT2D eigenvalue weighted by molar-refractivity contribution is 0.597. The number of fused-ring (bicyclic) bond motifs is 2. The molecule has 0 saturated heterocycles. The predicted octanol–water partition coefficient (Wildman–Crippen LogP) is 4.26. The summed E-state index contributed by atoms with van der Waals surface area (Å²) in [5, 5.41) is 3.30. The maximum atomic E-state index is 13.0. The van der Waals surface area contributed by atoms with E-state index in [1.165, 1.54) is 18.4 Å². The number of anilines is 2. The molecular weight excluding hydrogens is 486 g/mol. The molecule has 2 fully saturated rings. The Morgan fingerprint density at radius 2 is 1.95 bits per heavy atom. The number of sulfonamides is 1. The molecule has 0 bridgehead atoms. The minimum Gasteiger partial charge on any atom is -0.369 e. The third-order valence-corrected chi connectivity index (χ3v) is 8.77. The first-order valence-electron chi connectivity index (χ1n) is 12.6. The number of pyridine rings is 1. The van der Waals surface area contributed by atoms with Crippen LogP contribution >= 0.6 is 0 Å². The van der Waals surface area contributed by atoms with Crippen LogP contribution in [-0.2, 0) is 16.6 Å². The van der Waals surface area contributed by atoms with Crippen LogP contribution in [0.1, 0.15) is 53.9 Å². The first kappa shape index (κ1) is 22.4. The summed E-state index contributed by atoms with van der Waals surface area (Å²) in [5.74, 6) is 1.94. The van der Waals surface area contributed by atoms with Gasteiger partial charge in [-0.05, 0) is 68.0 Å². The number of aromatic nitrogens is 4. The summed E-state index contributed by atoms with van der Waals surface area (Å²) < 4.78 is 32.2. The van der Waals surface area contributed by atoms with Crippen molar-refractivity contribution in [2.45, 2.75) is 49.5 Å². The third-order valence-electron chi connectivity index (χ3n) is 7.42. The van der Waals surface area contributed by atoms with Crippen LogP contribution in [0.2, 0.25) is 0 Å². The highest BCUT2D eigenvalue weighted by Gasteiger charge is 2.46. The second-order valence-corrected chi connectivity index (χ2v) is 11.9. The summed E-state index contributed by atoms with van der Waals surface area (Å²) in [6.45, 7) is 2.53. The number of aryl methyl sites for hydroxylation is 1. The predicted molar refractivity (Wildman–Crippen MR) is 142 cm³/mol. The van der Waals surface area contributed by atoms with Gasteiger partial charge in [-0.1, -0.05) is 6.07 Å². The van der Waals surface area contributed by atoms with E-state index in [1.54, 1.807) is 12.3 Å². The van der Waals surface area contributed by atoms with Crippen LogP contribution < -0.4 is 10.2 Å². The van der Waals surface area contributed by atoms with Gasteiger partial charge in [0.05, 0.1) is 17.9 Å². The number of hydrogen-bond acceptors (Lipinski definition) is 7. The summed E-state index contributed by atoms with van der Waals surface area (Å²) in [5.41, 5.74) is 5.60. The molecule has 1 N–H and O–H groups in total. The maximum Gasteiger partial charge on any atom is 0.286 e. The van der Waals surface area contributed by atoms with Crippen molar-refractivity contribution in [3.8, 4) is 0 Å². The Bertz CT molecular complexity index is 1690. The zero-order valence-electron chi connectivity index (χ0n) is 20.7. The van der Waals surface area contributed by atoms with Crippen molar-refractivity contribution in [2.75, 3.05) is 17.3 Å². The quantitative estimate of drug-likeness (QED) is 0.411. The average molecular weight is 514 g/mol. The van der Waals surface area contributed by atoms with Crippen LogP contribution in [0.4, 0.5) is 11.4 Å². The molecule has 0 unspecified atom stereocenters. The van der Waals surface area contributed by atoms with Crippen molar-refractivity contribution in [1.29, 1.82) is 0 Å². The van der Waals surface area contributed by atoms with Gasteiger partial charge in [-0.3, -0.25) is 0 Å². The lowest BCUT2D eigenvalue weighted by Crippen LogP contribution is -2.24. The molecule has 4 heterocycles. The van der Waals surface area contributed by atoms with Gasteiger partial charge in [-0.2, -0.15) is 8.42 Å². The third kappa shape index (κ3) is 4.15. The molecule has 3 aliphatic rings. The van der Waals surface area contributed by atoms with Crippen LogP contribution in [0.25, 0.3) is 5.65 Å². The number of nitrogens with zero attached hydrogens (tertiary/aromatic N) is 6. The summed E-state index contributed by atoms with van der Waals surface area (Å²) in [7, 11) is -1.80. The van der Waals surface area contributed by atoms with E-state index in [0.717, 1.165) is 35.0 Å². The number of rotatable bonds is 6. The first-order valence-corrected chi connectivity index (χ1v) is 14.0. The van der Waals surface area contributed by atoms with E-state index < -0.39 is 10.0 Å². The Morgan fingerprint density at radius 1 is 1.08 bits per heavy atom. The second kappa shape index (κ2) is 8.11. The Labute approximate surface area is 215 Å². The number of nitrogens with one attached hydrogen (secondary N) is 1. The van der Waals surface area contributed by atoms with Crippen LogP contribution in [-0.4, -0.2) is 40.7 Å². The highest BCUT2D eigenvalue weighted by atomic mass is 32.2. The minimum atomic E-state index is -3.78. The van der Waals surface area contributed by atoms with Crippen LogP contribution in [0.5, 0.6) is 0 Å². The molecule has 37 heavy (non-hydrogen) atoms. The van der Waals surface area contributed by atoms with E-state index in [9.17, 15) is 8.42 Å². The summed E-state index contributed by atoms with van der Waals surface area (Å²) in [4.78, 5) is 15.9. The van der Waals surface area contributed by atoms with Crippen LogP contribution in [0.15, 0.2) is 64.3 Å². The molecule has 10 heteroatoms. The van der Waals surface area contributed by atoms with E-state index in [0.29, 0.717) is 24.0 Å². The van der Waals surface area contributed by atoms with E-state index in [4.69, 9.17) is 4.98 Å². The van der Waals surface area contributed by atoms with Crippen molar-refractivity contribution < 1.29 is 8.42 Å². The number of imidazole rings is 1.